The number of phenols is 1. The highest BCUT2D eigenvalue weighted by atomic mass is 16.3. The van der Waals surface area contributed by atoms with Crippen LogP contribution in [0.1, 0.15) is 71.7 Å². The standard InChI is InChI=1S/C36H39N7O4/c1-20(2)43-19-25(11-14-32(43)45)24-10-9-23-7-6-8-27(29(23)17-24)34(39-35(46)30-15-16-37-42(30)5)36(47)38-26-12-13-28(31(44)18-26)33-21(3)40-41-22(33)4/h9-20,27,34,44H,6-8H2,1-5H3,(H,38,47)(H,39,46)(H,40,41)/t27-,34+/m1/s1. The maximum atomic E-state index is 14.2. The number of nitrogens with one attached hydrogen (secondary N) is 3. The molecule has 3 aromatic heterocycles. The largest absolute Gasteiger partial charge is 0.507 e. The minimum Gasteiger partial charge on any atom is -0.507 e. The number of nitrogens with zero attached hydrogens (tertiary/aromatic N) is 4. The van der Waals surface area contributed by atoms with Crippen molar-refractivity contribution < 1.29 is 14.7 Å². The van der Waals surface area contributed by atoms with Crippen LogP contribution in [0.5, 0.6) is 5.75 Å². The quantitative estimate of drug-likeness (QED) is 0.180. The third kappa shape index (κ3) is 6.20. The average Bonchev–Trinajstić information content (AvgIpc) is 3.63. The van der Waals surface area contributed by atoms with Crippen LogP contribution in [0.15, 0.2) is 71.8 Å². The Hall–Kier alpha value is -5.45. The summed E-state index contributed by atoms with van der Waals surface area (Å²) in [6.07, 6.45) is 5.78. The van der Waals surface area contributed by atoms with Crippen molar-refractivity contribution in [3.05, 3.63) is 106 Å². The number of benzene rings is 2. The van der Waals surface area contributed by atoms with Crippen molar-refractivity contribution in [2.45, 2.75) is 65.0 Å². The van der Waals surface area contributed by atoms with Crippen LogP contribution in [-0.2, 0) is 18.3 Å². The van der Waals surface area contributed by atoms with Crippen LogP contribution in [0.25, 0.3) is 22.3 Å². The lowest BCUT2D eigenvalue weighted by molar-refractivity contribution is -0.118. The van der Waals surface area contributed by atoms with E-state index in [1.807, 2.05) is 46.0 Å². The smallest absolute Gasteiger partial charge is 0.270 e. The van der Waals surface area contributed by atoms with Crippen LogP contribution < -0.4 is 16.2 Å². The molecule has 11 heteroatoms. The maximum absolute atomic E-state index is 14.2. The third-order valence-electron chi connectivity index (χ3n) is 9.02. The fourth-order valence-electron chi connectivity index (χ4n) is 6.59. The van der Waals surface area contributed by atoms with E-state index < -0.39 is 17.9 Å². The summed E-state index contributed by atoms with van der Waals surface area (Å²) in [5.74, 6) is -1.15. The van der Waals surface area contributed by atoms with Gasteiger partial charge >= 0.3 is 0 Å². The summed E-state index contributed by atoms with van der Waals surface area (Å²) in [6.45, 7) is 7.68. The Labute approximate surface area is 272 Å². The topological polar surface area (TPSA) is 147 Å². The molecule has 0 aliphatic heterocycles. The van der Waals surface area contributed by atoms with Crippen LogP contribution in [-0.4, -0.2) is 47.5 Å². The number of fused-ring (bicyclic) bond motifs is 1. The molecule has 242 valence electrons. The Balaban J connectivity index is 1.36. The number of aromatic nitrogens is 5. The number of hydrogen-bond donors (Lipinski definition) is 4. The summed E-state index contributed by atoms with van der Waals surface area (Å²) in [4.78, 5) is 40.2. The molecule has 0 saturated carbocycles. The van der Waals surface area contributed by atoms with E-state index >= 15 is 0 Å². The summed E-state index contributed by atoms with van der Waals surface area (Å²) in [5, 5.41) is 28.2. The zero-order valence-electron chi connectivity index (χ0n) is 27.2. The van der Waals surface area contributed by atoms with Gasteiger partial charge < -0.3 is 20.3 Å². The lowest BCUT2D eigenvalue weighted by Gasteiger charge is -2.32. The number of amides is 2. The summed E-state index contributed by atoms with van der Waals surface area (Å²) in [7, 11) is 1.68. The van der Waals surface area contributed by atoms with Gasteiger partial charge in [0, 0.05) is 66.0 Å². The Bertz CT molecular complexity index is 2020. The summed E-state index contributed by atoms with van der Waals surface area (Å²) in [6, 6.07) is 15.3. The number of H-pyrrole nitrogens is 1. The molecule has 0 unspecified atom stereocenters. The maximum Gasteiger partial charge on any atom is 0.270 e. The molecular formula is C36H39N7O4. The van der Waals surface area contributed by atoms with Crippen LogP contribution >= 0.6 is 0 Å². The molecule has 0 fully saturated rings. The minimum absolute atomic E-state index is 0.00117. The predicted molar refractivity (Wildman–Crippen MR) is 180 cm³/mol. The molecule has 0 radical (unpaired) electrons. The summed E-state index contributed by atoms with van der Waals surface area (Å²) < 4.78 is 3.17. The van der Waals surface area contributed by atoms with Gasteiger partial charge in [-0.3, -0.25) is 24.2 Å². The van der Waals surface area contributed by atoms with Crippen LogP contribution in [0.3, 0.4) is 0 Å². The van der Waals surface area contributed by atoms with Crippen molar-refractivity contribution in [3.63, 3.8) is 0 Å². The lowest BCUT2D eigenvalue weighted by Crippen LogP contribution is -2.48. The van der Waals surface area contributed by atoms with Crippen molar-refractivity contribution in [2.75, 3.05) is 5.32 Å². The second-order valence-corrected chi connectivity index (χ2v) is 12.5. The van der Waals surface area contributed by atoms with Gasteiger partial charge in [-0.05, 0) is 93.5 Å². The number of pyridine rings is 1. The van der Waals surface area contributed by atoms with Gasteiger partial charge in [0.15, 0.2) is 0 Å². The SMILES string of the molecule is Cc1n[nH]c(C)c1-c1ccc(NC(=O)[C@@H](NC(=O)c2ccnn2C)[C@@H]2CCCc3ccc(-c4ccc(=O)n(C(C)C)c4)cc32)cc1O. The predicted octanol–water partition coefficient (Wildman–Crippen LogP) is 5.40. The van der Waals surface area contributed by atoms with Gasteiger partial charge in [-0.2, -0.15) is 10.2 Å². The minimum atomic E-state index is -0.934. The monoisotopic (exact) mass is 633 g/mol. The number of rotatable bonds is 8. The zero-order valence-corrected chi connectivity index (χ0v) is 27.2. The van der Waals surface area contributed by atoms with Gasteiger partial charge in [0.1, 0.15) is 17.5 Å². The van der Waals surface area contributed by atoms with Gasteiger partial charge in [0.2, 0.25) is 5.91 Å². The van der Waals surface area contributed by atoms with E-state index in [9.17, 15) is 19.5 Å². The molecular weight excluding hydrogens is 594 g/mol. The second kappa shape index (κ2) is 12.7. The zero-order chi connectivity index (χ0) is 33.4. The van der Waals surface area contributed by atoms with E-state index in [4.69, 9.17) is 0 Å². The van der Waals surface area contributed by atoms with Crippen LogP contribution in [0.4, 0.5) is 5.69 Å². The number of hydrogen-bond acceptors (Lipinski definition) is 6. The molecule has 47 heavy (non-hydrogen) atoms. The highest BCUT2D eigenvalue weighted by Gasteiger charge is 2.35. The highest BCUT2D eigenvalue weighted by Crippen LogP contribution is 2.38. The fourth-order valence-corrected chi connectivity index (χ4v) is 6.59. The van der Waals surface area contributed by atoms with Gasteiger partial charge in [0.05, 0.1) is 5.69 Å². The van der Waals surface area contributed by atoms with Crippen molar-refractivity contribution in [3.8, 4) is 28.0 Å². The van der Waals surface area contributed by atoms with E-state index in [0.29, 0.717) is 23.4 Å². The summed E-state index contributed by atoms with van der Waals surface area (Å²) >= 11 is 0. The van der Waals surface area contributed by atoms with Gasteiger partial charge in [-0.25, -0.2) is 0 Å². The van der Waals surface area contributed by atoms with Gasteiger partial charge in [-0.1, -0.05) is 18.2 Å². The Morgan fingerprint density at radius 1 is 1.04 bits per heavy atom. The van der Waals surface area contributed by atoms with E-state index in [1.165, 1.54) is 16.9 Å². The number of aromatic hydroxyl groups is 1. The normalized spacial score (nSPS) is 14.9. The van der Waals surface area contributed by atoms with Crippen molar-refractivity contribution in [1.82, 2.24) is 29.9 Å². The van der Waals surface area contributed by atoms with E-state index in [2.05, 4.69) is 38.1 Å². The second-order valence-electron chi connectivity index (χ2n) is 12.5. The number of aryl methyl sites for hydroxylation is 4. The third-order valence-corrected chi connectivity index (χ3v) is 9.02. The molecule has 0 bridgehead atoms. The number of carbonyl (C=O) groups is 2. The van der Waals surface area contributed by atoms with Gasteiger partial charge in [-0.15, -0.1) is 0 Å². The van der Waals surface area contributed by atoms with Crippen LogP contribution in [0, 0.1) is 13.8 Å². The first-order valence-electron chi connectivity index (χ1n) is 15.8. The molecule has 4 N–H and O–H groups in total. The molecule has 2 aromatic carbocycles. The van der Waals surface area contributed by atoms with E-state index in [1.54, 1.807) is 35.9 Å². The molecule has 2 atom stereocenters. The number of anilines is 1. The highest BCUT2D eigenvalue weighted by molar-refractivity contribution is 6.01. The van der Waals surface area contributed by atoms with Crippen LogP contribution in [0.2, 0.25) is 0 Å². The Morgan fingerprint density at radius 3 is 2.51 bits per heavy atom. The Kier molecular flexibility index (Phi) is 8.55. The van der Waals surface area contributed by atoms with E-state index in [-0.39, 0.29) is 23.3 Å². The number of aromatic amines is 1. The molecule has 3 heterocycles. The average molecular weight is 634 g/mol. The molecule has 0 spiro atoms. The van der Waals surface area contributed by atoms with Gasteiger partial charge in [0.25, 0.3) is 11.5 Å². The first-order valence-corrected chi connectivity index (χ1v) is 15.8. The number of phenolic OH excluding ortho intramolecular Hbond substituents is 1. The first kappa shape index (κ1) is 31.5. The Morgan fingerprint density at radius 2 is 1.83 bits per heavy atom. The first-order chi connectivity index (χ1) is 22.5. The molecule has 2 amide bonds. The number of carbonyl (C=O) groups excluding carboxylic acids is 2. The molecule has 11 nitrogen and oxygen atoms in total. The van der Waals surface area contributed by atoms with Crippen molar-refractivity contribution >= 4 is 17.5 Å². The molecule has 5 aromatic rings. The fraction of sp³-hybridized carbons (Fsp3) is 0.306. The van der Waals surface area contributed by atoms with E-state index in [0.717, 1.165) is 52.0 Å². The summed E-state index contributed by atoms with van der Waals surface area (Å²) in [5.41, 5.74) is 7.56. The lowest BCUT2D eigenvalue weighted by atomic mass is 9.77. The molecule has 1 aliphatic carbocycles. The molecule has 0 saturated heterocycles. The van der Waals surface area contributed by atoms with Crippen molar-refractivity contribution in [2.24, 2.45) is 7.05 Å². The molecule has 6 rings (SSSR count). The molecule has 1 aliphatic rings. The van der Waals surface area contributed by atoms with Crippen molar-refractivity contribution in [1.29, 1.82) is 0 Å².